The van der Waals surface area contributed by atoms with Crippen LogP contribution in [0.4, 0.5) is 11.4 Å². The SMILES string of the molecule is C=CCOc1cccc(NCC(=O)Nc2cccc(C(=O)NCCCOC)c2)c1. The van der Waals surface area contributed by atoms with E-state index in [0.29, 0.717) is 36.8 Å². The molecule has 29 heavy (non-hydrogen) atoms. The summed E-state index contributed by atoms with van der Waals surface area (Å²) in [6, 6.07) is 14.2. The quantitative estimate of drug-likeness (QED) is 0.378. The van der Waals surface area contributed by atoms with Crippen molar-refractivity contribution in [1.82, 2.24) is 5.32 Å². The first-order valence-electron chi connectivity index (χ1n) is 9.37. The van der Waals surface area contributed by atoms with Gasteiger partial charge in [0, 0.05) is 43.3 Å². The zero-order valence-corrected chi connectivity index (χ0v) is 16.6. The molecule has 0 spiro atoms. The minimum absolute atomic E-state index is 0.0817. The van der Waals surface area contributed by atoms with Crippen molar-refractivity contribution in [3.8, 4) is 5.75 Å². The van der Waals surface area contributed by atoms with Crippen molar-refractivity contribution in [1.29, 1.82) is 0 Å². The maximum Gasteiger partial charge on any atom is 0.251 e. The molecule has 2 amide bonds. The summed E-state index contributed by atoms with van der Waals surface area (Å²) >= 11 is 0. The number of benzene rings is 2. The Morgan fingerprint density at radius 1 is 1.10 bits per heavy atom. The Kier molecular flexibility index (Phi) is 9.24. The lowest BCUT2D eigenvalue weighted by molar-refractivity contribution is -0.114. The molecule has 0 atom stereocenters. The van der Waals surface area contributed by atoms with Crippen LogP contribution in [-0.2, 0) is 9.53 Å². The van der Waals surface area contributed by atoms with E-state index in [2.05, 4.69) is 22.5 Å². The van der Waals surface area contributed by atoms with Gasteiger partial charge in [-0.05, 0) is 36.8 Å². The maximum atomic E-state index is 12.2. The Morgan fingerprint density at radius 2 is 1.90 bits per heavy atom. The smallest absolute Gasteiger partial charge is 0.251 e. The van der Waals surface area contributed by atoms with E-state index in [4.69, 9.17) is 9.47 Å². The van der Waals surface area contributed by atoms with Gasteiger partial charge in [0.1, 0.15) is 12.4 Å². The molecule has 2 aromatic carbocycles. The molecule has 3 N–H and O–H groups in total. The van der Waals surface area contributed by atoms with Crippen LogP contribution in [0.25, 0.3) is 0 Å². The molecule has 2 aromatic rings. The second-order valence-electron chi connectivity index (χ2n) is 6.21. The normalized spacial score (nSPS) is 10.1. The first-order chi connectivity index (χ1) is 14.1. The lowest BCUT2D eigenvalue weighted by atomic mass is 10.2. The van der Waals surface area contributed by atoms with Gasteiger partial charge >= 0.3 is 0 Å². The van der Waals surface area contributed by atoms with Gasteiger partial charge in [-0.25, -0.2) is 0 Å². The van der Waals surface area contributed by atoms with E-state index in [1.54, 1.807) is 37.5 Å². The molecule has 2 rings (SSSR count). The van der Waals surface area contributed by atoms with Crippen LogP contribution in [0.5, 0.6) is 5.75 Å². The first-order valence-corrected chi connectivity index (χ1v) is 9.37. The molecule has 0 aliphatic carbocycles. The van der Waals surface area contributed by atoms with E-state index in [0.717, 1.165) is 12.1 Å². The molecule has 7 nitrogen and oxygen atoms in total. The summed E-state index contributed by atoms with van der Waals surface area (Å²) in [5, 5.41) is 8.66. The molecule has 7 heteroatoms. The highest BCUT2D eigenvalue weighted by Crippen LogP contribution is 2.17. The fourth-order valence-corrected chi connectivity index (χ4v) is 2.50. The van der Waals surface area contributed by atoms with Crippen LogP contribution in [0.2, 0.25) is 0 Å². The van der Waals surface area contributed by atoms with E-state index in [1.165, 1.54) is 0 Å². The van der Waals surface area contributed by atoms with Crippen molar-refractivity contribution >= 4 is 23.2 Å². The lowest BCUT2D eigenvalue weighted by Gasteiger charge is -2.10. The number of hydrogen-bond acceptors (Lipinski definition) is 5. The number of nitrogens with one attached hydrogen (secondary N) is 3. The minimum atomic E-state index is -0.222. The molecule has 0 aliphatic rings. The zero-order valence-electron chi connectivity index (χ0n) is 16.6. The van der Waals surface area contributed by atoms with Crippen molar-refractivity contribution in [2.75, 3.05) is 44.0 Å². The van der Waals surface area contributed by atoms with Crippen molar-refractivity contribution in [3.05, 3.63) is 66.7 Å². The van der Waals surface area contributed by atoms with Crippen LogP contribution in [0, 0.1) is 0 Å². The van der Waals surface area contributed by atoms with Gasteiger partial charge in [0.25, 0.3) is 5.91 Å². The Morgan fingerprint density at radius 3 is 2.69 bits per heavy atom. The Hall–Kier alpha value is -3.32. The number of carbonyl (C=O) groups excluding carboxylic acids is 2. The third-order valence-electron chi connectivity index (χ3n) is 3.87. The van der Waals surface area contributed by atoms with Crippen molar-refractivity contribution in [2.45, 2.75) is 6.42 Å². The molecule has 0 aromatic heterocycles. The Balaban J connectivity index is 1.84. The molecule has 154 valence electrons. The standard InChI is InChI=1S/C22H27N3O4/c1-3-12-29-20-10-5-8-18(15-20)24-16-21(26)25-19-9-4-7-17(14-19)22(27)23-11-6-13-28-2/h3-5,7-10,14-15,24H,1,6,11-13,16H2,2H3,(H,23,27)(H,25,26). The third kappa shape index (κ3) is 8.06. The van der Waals surface area contributed by atoms with Gasteiger partial charge in [-0.1, -0.05) is 24.8 Å². The second kappa shape index (κ2) is 12.2. The van der Waals surface area contributed by atoms with Gasteiger partial charge in [-0.2, -0.15) is 0 Å². The lowest BCUT2D eigenvalue weighted by Crippen LogP contribution is -2.25. The average molecular weight is 397 g/mol. The largest absolute Gasteiger partial charge is 0.489 e. The molecule has 0 bridgehead atoms. The summed E-state index contributed by atoms with van der Waals surface area (Å²) in [6.45, 7) is 5.23. The number of ether oxygens (including phenoxy) is 2. The van der Waals surface area contributed by atoms with E-state index in [-0.39, 0.29) is 18.4 Å². The predicted octanol–water partition coefficient (Wildman–Crippen LogP) is 3.07. The van der Waals surface area contributed by atoms with E-state index >= 15 is 0 Å². The monoisotopic (exact) mass is 397 g/mol. The van der Waals surface area contributed by atoms with Crippen LogP contribution in [0.3, 0.4) is 0 Å². The van der Waals surface area contributed by atoms with Crippen LogP contribution in [0.1, 0.15) is 16.8 Å². The van der Waals surface area contributed by atoms with Gasteiger partial charge in [0.2, 0.25) is 5.91 Å². The van der Waals surface area contributed by atoms with E-state index in [9.17, 15) is 9.59 Å². The summed E-state index contributed by atoms with van der Waals surface area (Å²) in [6.07, 6.45) is 2.41. The number of hydrogen-bond donors (Lipinski definition) is 3. The van der Waals surface area contributed by atoms with Crippen LogP contribution >= 0.6 is 0 Å². The number of rotatable bonds is 12. The fourth-order valence-electron chi connectivity index (χ4n) is 2.50. The molecule has 0 fully saturated rings. The highest BCUT2D eigenvalue weighted by Gasteiger charge is 2.08. The molecule has 0 aliphatic heterocycles. The van der Waals surface area contributed by atoms with Crippen molar-refractivity contribution in [3.63, 3.8) is 0 Å². The Bertz CT molecular complexity index is 823. The van der Waals surface area contributed by atoms with Gasteiger partial charge in [-0.15, -0.1) is 0 Å². The predicted molar refractivity (Wildman–Crippen MR) is 115 cm³/mol. The maximum absolute atomic E-state index is 12.2. The van der Waals surface area contributed by atoms with Gasteiger partial charge < -0.3 is 25.4 Å². The summed E-state index contributed by atoms with van der Waals surface area (Å²) in [5.74, 6) is 0.284. The number of amides is 2. The summed E-state index contributed by atoms with van der Waals surface area (Å²) in [5.41, 5.74) is 1.82. The molecule has 0 saturated heterocycles. The highest BCUT2D eigenvalue weighted by atomic mass is 16.5. The molecule has 0 radical (unpaired) electrons. The fraction of sp³-hybridized carbons (Fsp3) is 0.273. The topological polar surface area (TPSA) is 88.7 Å². The highest BCUT2D eigenvalue weighted by molar-refractivity contribution is 5.98. The number of anilines is 2. The number of methoxy groups -OCH3 is 1. The van der Waals surface area contributed by atoms with Crippen LogP contribution in [-0.4, -0.2) is 45.2 Å². The van der Waals surface area contributed by atoms with Crippen LogP contribution < -0.4 is 20.7 Å². The summed E-state index contributed by atoms with van der Waals surface area (Å²) < 4.78 is 10.4. The molecular formula is C22H27N3O4. The molecule has 0 heterocycles. The second-order valence-corrected chi connectivity index (χ2v) is 6.21. The van der Waals surface area contributed by atoms with Gasteiger partial charge in [0.15, 0.2) is 0 Å². The molecular weight excluding hydrogens is 370 g/mol. The zero-order chi connectivity index (χ0) is 20.9. The van der Waals surface area contributed by atoms with E-state index in [1.807, 2.05) is 24.3 Å². The van der Waals surface area contributed by atoms with Crippen LogP contribution in [0.15, 0.2) is 61.2 Å². The van der Waals surface area contributed by atoms with Gasteiger partial charge in [-0.3, -0.25) is 9.59 Å². The molecule has 0 unspecified atom stereocenters. The van der Waals surface area contributed by atoms with Gasteiger partial charge in [0.05, 0.1) is 6.54 Å². The van der Waals surface area contributed by atoms with Crippen molar-refractivity contribution in [2.24, 2.45) is 0 Å². The summed E-state index contributed by atoms with van der Waals surface area (Å²) in [7, 11) is 1.62. The minimum Gasteiger partial charge on any atom is -0.489 e. The molecule has 0 saturated carbocycles. The average Bonchev–Trinajstić information content (AvgIpc) is 2.74. The third-order valence-corrected chi connectivity index (χ3v) is 3.87. The number of carbonyl (C=O) groups is 2. The van der Waals surface area contributed by atoms with E-state index < -0.39 is 0 Å². The Labute approximate surface area is 171 Å². The summed E-state index contributed by atoms with van der Waals surface area (Å²) in [4.78, 5) is 24.4. The van der Waals surface area contributed by atoms with Crippen molar-refractivity contribution < 1.29 is 19.1 Å². The first kappa shape index (κ1) is 22.0.